The van der Waals surface area contributed by atoms with Gasteiger partial charge in [-0.1, -0.05) is 17.7 Å². The molecular weight excluding hydrogens is 286 g/mol. The minimum atomic E-state index is -0.220. The van der Waals surface area contributed by atoms with Gasteiger partial charge in [-0.3, -0.25) is 4.98 Å². The zero-order valence-electron chi connectivity index (χ0n) is 13.3. The first-order chi connectivity index (χ1) is 11.2. The van der Waals surface area contributed by atoms with Crippen LogP contribution in [0.4, 0.5) is 0 Å². The van der Waals surface area contributed by atoms with Gasteiger partial charge in [-0.15, -0.1) is 0 Å². The van der Waals surface area contributed by atoms with E-state index in [4.69, 9.17) is 4.42 Å². The Bertz CT molecular complexity index is 755. The molecule has 0 saturated heterocycles. The van der Waals surface area contributed by atoms with E-state index in [1.807, 2.05) is 25.1 Å². The fraction of sp³-hybridized carbons (Fsp3) is 0.350. The lowest BCUT2D eigenvalue weighted by Crippen LogP contribution is -2.22. The molecule has 1 fully saturated rings. The monoisotopic (exact) mass is 307 g/mol. The number of hydrogen-bond donors (Lipinski definition) is 1. The van der Waals surface area contributed by atoms with E-state index >= 15 is 0 Å². The van der Waals surface area contributed by atoms with Crippen molar-refractivity contribution in [2.45, 2.75) is 32.3 Å². The summed E-state index contributed by atoms with van der Waals surface area (Å²) in [5.41, 5.74) is 4.91. The highest BCUT2D eigenvalue weighted by Gasteiger charge is 2.35. The molecule has 0 radical (unpaired) electrons. The van der Waals surface area contributed by atoms with E-state index in [9.17, 15) is 5.11 Å². The molecule has 3 nitrogen and oxygen atoms in total. The van der Waals surface area contributed by atoms with Gasteiger partial charge in [0.2, 0.25) is 0 Å². The number of pyridine rings is 1. The maximum Gasteiger partial charge on any atom is 0.141 e. The molecule has 2 heterocycles. The number of nitrogens with zero attached hydrogens (tertiary/aromatic N) is 1. The van der Waals surface area contributed by atoms with Gasteiger partial charge in [0.15, 0.2) is 0 Å². The minimum Gasteiger partial charge on any atom is -0.464 e. The van der Waals surface area contributed by atoms with Crippen LogP contribution in [0.2, 0.25) is 0 Å². The second-order valence-corrected chi connectivity index (χ2v) is 6.56. The smallest absolute Gasteiger partial charge is 0.141 e. The quantitative estimate of drug-likeness (QED) is 0.910. The summed E-state index contributed by atoms with van der Waals surface area (Å²) < 4.78 is 5.74. The van der Waals surface area contributed by atoms with Gasteiger partial charge in [0.1, 0.15) is 5.76 Å². The molecule has 118 valence electrons. The Hall–Kier alpha value is -2.13. The van der Waals surface area contributed by atoms with Crippen LogP contribution in [0.5, 0.6) is 0 Å². The van der Waals surface area contributed by atoms with E-state index in [0.717, 1.165) is 36.1 Å². The lowest BCUT2D eigenvalue weighted by molar-refractivity contribution is 0.107. The number of rotatable bonds is 3. The normalized spacial score (nSPS) is 24.8. The van der Waals surface area contributed by atoms with Crippen LogP contribution in [-0.4, -0.2) is 16.2 Å². The van der Waals surface area contributed by atoms with Crippen molar-refractivity contribution in [3.63, 3.8) is 0 Å². The molecule has 0 amide bonds. The van der Waals surface area contributed by atoms with Gasteiger partial charge in [-0.05, 0) is 61.8 Å². The number of aliphatic hydroxyl groups is 1. The average molecular weight is 307 g/mol. The lowest BCUT2D eigenvalue weighted by atomic mass is 9.82. The van der Waals surface area contributed by atoms with Gasteiger partial charge in [0.05, 0.1) is 12.4 Å². The first-order valence-corrected chi connectivity index (χ1v) is 8.31. The molecular formula is C20H21NO2. The van der Waals surface area contributed by atoms with Crippen LogP contribution in [0, 0.1) is 11.8 Å². The van der Waals surface area contributed by atoms with Crippen molar-refractivity contribution in [2.24, 2.45) is 11.8 Å². The molecule has 2 aromatic rings. The molecule has 3 heteroatoms. The van der Waals surface area contributed by atoms with Crippen LogP contribution in [0.25, 0.3) is 16.9 Å². The number of allylic oxidation sites excluding steroid dienone is 4. The summed E-state index contributed by atoms with van der Waals surface area (Å²) in [5, 5.41) is 9.96. The summed E-state index contributed by atoms with van der Waals surface area (Å²) >= 11 is 0. The number of aliphatic hydroxyl groups excluding tert-OH is 1. The van der Waals surface area contributed by atoms with Crippen LogP contribution in [0.3, 0.4) is 0 Å². The molecule has 4 rings (SSSR count). The minimum absolute atomic E-state index is 0.220. The summed E-state index contributed by atoms with van der Waals surface area (Å²) in [6.45, 7) is 1.92. The molecule has 1 saturated carbocycles. The third kappa shape index (κ3) is 2.55. The predicted octanol–water partition coefficient (Wildman–Crippen LogP) is 4.46. The highest BCUT2D eigenvalue weighted by Crippen LogP contribution is 2.46. The Labute approximate surface area is 136 Å². The molecule has 0 spiro atoms. The van der Waals surface area contributed by atoms with Crippen molar-refractivity contribution < 1.29 is 9.52 Å². The van der Waals surface area contributed by atoms with Crippen molar-refractivity contribution in [3.8, 4) is 11.3 Å². The van der Waals surface area contributed by atoms with E-state index in [1.54, 1.807) is 18.7 Å². The van der Waals surface area contributed by atoms with Crippen molar-refractivity contribution in [1.82, 2.24) is 4.98 Å². The Morgan fingerprint density at radius 2 is 2.09 bits per heavy atom. The number of aromatic nitrogens is 1. The first-order valence-electron chi connectivity index (χ1n) is 8.31. The van der Waals surface area contributed by atoms with Gasteiger partial charge in [0, 0.05) is 23.5 Å². The standard InChI is InChI=1S/C20H21NO2/c1-13(22)17-4-2-15-12-16(3-5-18(15)17)19-8-11-23-20(19)14-6-9-21-10-7-14/h3,6-13,17-18,22H,2,4-5H2,1H3/t13-,17?,18?/m0/s1. The summed E-state index contributed by atoms with van der Waals surface area (Å²) in [6.07, 6.45) is 12.9. The molecule has 23 heavy (non-hydrogen) atoms. The van der Waals surface area contributed by atoms with Crippen molar-refractivity contribution in [1.29, 1.82) is 0 Å². The third-order valence-corrected chi connectivity index (χ3v) is 5.23. The molecule has 0 aliphatic heterocycles. The largest absolute Gasteiger partial charge is 0.464 e. The number of furan rings is 1. The van der Waals surface area contributed by atoms with Crippen LogP contribution < -0.4 is 0 Å². The van der Waals surface area contributed by atoms with Crippen molar-refractivity contribution in [3.05, 3.63) is 60.1 Å². The lowest BCUT2D eigenvalue weighted by Gasteiger charge is -2.25. The molecule has 0 bridgehead atoms. The van der Waals surface area contributed by atoms with E-state index in [1.165, 1.54) is 11.1 Å². The Morgan fingerprint density at radius 1 is 1.26 bits per heavy atom. The average Bonchev–Trinajstić information content (AvgIpc) is 3.22. The van der Waals surface area contributed by atoms with E-state index in [2.05, 4.69) is 17.1 Å². The maximum atomic E-state index is 9.96. The number of fused-ring (bicyclic) bond motifs is 1. The molecule has 2 unspecified atom stereocenters. The molecule has 2 aliphatic carbocycles. The summed E-state index contributed by atoms with van der Waals surface area (Å²) in [4.78, 5) is 4.07. The van der Waals surface area contributed by atoms with Gasteiger partial charge in [0.25, 0.3) is 0 Å². The van der Waals surface area contributed by atoms with Gasteiger partial charge >= 0.3 is 0 Å². The van der Waals surface area contributed by atoms with E-state index in [0.29, 0.717) is 11.8 Å². The molecule has 1 N–H and O–H groups in total. The summed E-state index contributed by atoms with van der Waals surface area (Å²) in [6, 6.07) is 5.99. The third-order valence-electron chi connectivity index (χ3n) is 5.23. The van der Waals surface area contributed by atoms with E-state index in [-0.39, 0.29) is 6.10 Å². The fourth-order valence-electron chi connectivity index (χ4n) is 4.04. The second kappa shape index (κ2) is 5.82. The highest BCUT2D eigenvalue weighted by molar-refractivity contribution is 5.84. The zero-order valence-corrected chi connectivity index (χ0v) is 13.3. The van der Waals surface area contributed by atoms with Gasteiger partial charge < -0.3 is 9.52 Å². The van der Waals surface area contributed by atoms with Crippen LogP contribution >= 0.6 is 0 Å². The van der Waals surface area contributed by atoms with Crippen molar-refractivity contribution in [2.75, 3.05) is 0 Å². The SMILES string of the molecule is C[C@H](O)C1CCC2=CC(c3ccoc3-c3ccncc3)=CCC21. The second-order valence-electron chi connectivity index (χ2n) is 6.56. The number of hydrogen-bond acceptors (Lipinski definition) is 3. The van der Waals surface area contributed by atoms with Crippen LogP contribution in [0.1, 0.15) is 31.7 Å². The predicted molar refractivity (Wildman–Crippen MR) is 90.5 cm³/mol. The van der Waals surface area contributed by atoms with Gasteiger partial charge in [-0.2, -0.15) is 0 Å². The molecule has 2 aliphatic rings. The van der Waals surface area contributed by atoms with Crippen molar-refractivity contribution >= 4 is 5.57 Å². The fourth-order valence-corrected chi connectivity index (χ4v) is 4.04. The summed E-state index contributed by atoms with van der Waals surface area (Å²) in [7, 11) is 0. The molecule has 0 aromatic carbocycles. The Kier molecular flexibility index (Phi) is 3.66. The summed E-state index contributed by atoms with van der Waals surface area (Å²) in [5.74, 6) is 1.82. The van der Waals surface area contributed by atoms with Crippen LogP contribution in [0.15, 0.2) is 59.0 Å². The Balaban J connectivity index is 1.66. The maximum absolute atomic E-state index is 9.96. The van der Waals surface area contributed by atoms with Gasteiger partial charge in [-0.25, -0.2) is 0 Å². The topological polar surface area (TPSA) is 46.3 Å². The highest BCUT2D eigenvalue weighted by atomic mass is 16.3. The van der Waals surface area contributed by atoms with E-state index < -0.39 is 0 Å². The Morgan fingerprint density at radius 3 is 2.87 bits per heavy atom. The van der Waals surface area contributed by atoms with Crippen LogP contribution in [-0.2, 0) is 0 Å². The zero-order chi connectivity index (χ0) is 15.8. The molecule has 2 aromatic heterocycles. The first kappa shape index (κ1) is 14.5. The molecule has 3 atom stereocenters.